The van der Waals surface area contributed by atoms with Gasteiger partial charge in [-0.1, -0.05) is 18.2 Å². The van der Waals surface area contributed by atoms with E-state index in [1.807, 2.05) is 6.07 Å². The summed E-state index contributed by atoms with van der Waals surface area (Å²) in [7, 11) is 0. The maximum absolute atomic E-state index is 10.3. The van der Waals surface area contributed by atoms with Gasteiger partial charge in [-0.2, -0.15) is 0 Å². The standard InChI is InChI=1S/C9H10O3/c10-6-9(7-11)12-8-4-2-1-3-5-8/h1-6,9,11H,7H2. The Hall–Kier alpha value is -1.35. The molecule has 0 spiro atoms. The Balaban J connectivity index is 2.56. The molecule has 3 nitrogen and oxygen atoms in total. The third kappa shape index (κ3) is 2.36. The van der Waals surface area contributed by atoms with E-state index in [4.69, 9.17) is 9.84 Å². The Morgan fingerprint density at radius 2 is 2.08 bits per heavy atom. The quantitative estimate of drug-likeness (QED) is 0.667. The Labute approximate surface area is 70.6 Å². The summed E-state index contributed by atoms with van der Waals surface area (Å²) in [6, 6.07) is 8.91. The molecule has 0 aromatic heterocycles. The van der Waals surface area contributed by atoms with E-state index in [2.05, 4.69) is 0 Å². The normalized spacial score (nSPS) is 12.1. The van der Waals surface area contributed by atoms with Crippen molar-refractivity contribution in [3.8, 4) is 5.75 Å². The van der Waals surface area contributed by atoms with Crippen molar-refractivity contribution in [1.29, 1.82) is 0 Å². The van der Waals surface area contributed by atoms with Crippen molar-refractivity contribution >= 4 is 6.29 Å². The predicted molar refractivity (Wildman–Crippen MR) is 44.0 cm³/mol. The second-order valence-electron chi connectivity index (χ2n) is 2.29. The third-order valence-electron chi connectivity index (χ3n) is 1.36. The minimum absolute atomic E-state index is 0.293. The maximum atomic E-state index is 10.3. The Bertz CT molecular complexity index is 233. The molecular formula is C9H10O3. The topological polar surface area (TPSA) is 46.5 Å². The van der Waals surface area contributed by atoms with Gasteiger partial charge in [-0.05, 0) is 12.1 Å². The number of aldehydes is 1. The highest BCUT2D eigenvalue weighted by atomic mass is 16.5. The van der Waals surface area contributed by atoms with E-state index in [-0.39, 0.29) is 6.61 Å². The number of carbonyl (C=O) groups excluding carboxylic acids is 1. The monoisotopic (exact) mass is 166 g/mol. The van der Waals surface area contributed by atoms with E-state index < -0.39 is 6.10 Å². The molecular weight excluding hydrogens is 156 g/mol. The fraction of sp³-hybridized carbons (Fsp3) is 0.222. The lowest BCUT2D eigenvalue weighted by Gasteiger charge is -2.09. The summed E-state index contributed by atoms with van der Waals surface area (Å²) in [6.45, 7) is -0.293. The number of benzene rings is 1. The van der Waals surface area contributed by atoms with E-state index in [1.165, 1.54) is 0 Å². The number of ether oxygens (including phenoxy) is 1. The molecule has 64 valence electrons. The zero-order chi connectivity index (χ0) is 8.81. The van der Waals surface area contributed by atoms with Crippen LogP contribution in [0.1, 0.15) is 0 Å². The molecule has 1 atom stereocenters. The molecule has 0 saturated carbocycles. The van der Waals surface area contributed by atoms with Crippen molar-refractivity contribution in [1.82, 2.24) is 0 Å². The van der Waals surface area contributed by atoms with Crippen molar-refractivity contribution in [3.05, 3.63) is 30.3 Å². The van der Waals surface area contributed by atoms with E-state index in [0.29, 0.717) is 12.0 Å². The van der Waals surface area contributed by atoms with Gasteiger partial charge < -0.3 is 9.84 Å². The van der Waals surface area contributed by atoms with Gasteiger partial charge in [0.2, 0.25) is 0 Å². The van der Waals surface area contributed by atoms with Crippen molar-refractivity contribution in [2.75, 3.05) is 6.61 Å². The third-order valence-corrected chi connectivity index (χ3v) is 1.36. The first kappa shape index (κ1) is 8.74. The first-order chi connectivity index (χ1) is 5.86. The molecule has 3 heteroatoms. The number of hydrogen-bond acceptors (Lipinski definition) is 3. The van der Waals surface area contributed by atoms with Crippen LogP contribution in [0.5, 0.6) is 5.75 Å². The molecule has 0 aliphatic carbocycles. The summed E-state index contributed by atoms with van der Waals surface area (Å²) >= 11 is 0. The summed E-state index contributed by atoms with van der Waals surface area (Å²) in [4.78, 5) is 10.3. The maximum Gasteiger partial charge on any atom is 0.176 e. The van der Waals surface area contributed by atoms with Crippen molar-refractivity contribution < 1.29 is 14.6 Å². The van der Waals surface area contributed by atoms with Gasteiger partial charge in [0.1, 0.15) is 5.75 Å². The fourth-order valence-electron chi connectivity index (χ4n) is 0.782. The molecule has 0 radical (unpaired) electrons. The van der Waals surface area contributed by atoms with Crippen LogP contribution in [0.3, 0.4) is 0 Å². The number of para-hydroxylation sites is 1. The summed E-state index contributed by atoms with van der Waals surface area (Å²) in [5.74, 6) is 0.587. The van der Waals surface area contributed by atoms with E-state index >= 15 is 0 Å². The molecule has 1 rings (SSSR count). The first-order valence-corrected chi connectivity index (χ1v) is 3.64. The number of rotatable bonds is 4. The van der Waals surface area contributed by atoms with Gasteiger partial charge in [-0.25, -0.2) is 0 Å². The minimum atomic E-state index is -0.757. The van der Waals surface area contributed by atoms with Gasteiger partial charge in [0.15, 0.2) is 12.4 Å². The van der Waals surface area contributed by atoms with Crippen LogP contribution in [0.15, 0.2) is 30.3 Å². The molecule has 1 N–H and O–H groups in total. The molecule has 0 aliphatic rings. The highest BCUT2D eigenvalue weighted by Crippen LogP contribution is 2.09. The van der Waals surface area contributed by atoms with Crippen LogP contribution >= 0.6 is 0 Å². The zero-order valence-corrected chi connectivity index (χ0v) is 6.51. The predicted octanol–water partition coefficient (Wildman–Crippen LogP) is 0.625. The molecule has 1 aromatic rings. The summed E-state index contributed by atoms with van der Waals surface area (Å²) in [6.07, 6.45) is -0.181. The van der Waals surface area contributed by atoms with Gasteiger partial charge in [0.05, 0.1) is 6.61 Å². The van der Waals surface area contributed by atoms with E-state index in [0.717, 1.165) is 0 Å². The first-order valence-electron chi connectivity index (χ1n) is 3.64. The van der Waals surface area contributed by atoms with Crippen LogP contribution in [-0.4, -0.2) is 24.1 Å². The molecule has 1 unspecified atom stereocenters. The number of carbonyl (C=O) groups is 1. The second-order valence-corrected chi connectivity index (χ2v) is 2.29. The van der Waals surface area contributed by atoms with Gasteiger partial charge in [-0.15, -0.1) is 0 Å². The van der Waals surface area contributed by atoms with Crippen molar-refractivity contribution in [2.45, 2.75) is 6.10 Å². The van der Waals surface area contributed by atoms with Crippen LogP contribution in [-0.2, 0) is 4.79 Å². The van der Waals surface area contributed by atoms with Crippen LogP contribution < -0.4 is 4.74 Å². The fourth-order valence-corrected chi connectivity index (χ4v) is 0.782. The lowest BCUT2D eigenvalue weighted by molar-refractivity contribution is -0.115. The lowest BCUT2D eigenvalue weighted by Crippen LogP contribution is -2.22. The highest BCUT2D eigenvalue weighted by Gasteiger charge is 2.05. The number of hydrogen-bond donors (Lipinski definition) is 1. The van der Waals surface area contributed by atoms with Gasteiger partial charge in [0, 0.05) is 0 Å². The van der Waals surface area contributed by atoms with Crippen LogP contribution in [0.2, 0.25) is 0 Å². The molecule has 0 aliphatic heterocycles. The van der Waals surface area contributed by atoms with E-state index in [9.17, 15) is 4.79 Å². The molecule has 0 fully saturated rings. The summed E-state index contributed by atoms with van der Waals surface area (Å²) < 4.78 is 5.09. The Morgan fingerprint density at radius 1 is 1.42 bits per heavy atom. The SMILES string of the molecule is O=CC(CO)Oc1ccccc1. The molecule has 0 saturated heterocycles. The summed E-state index contributed by atoms with van der Waals surface area (Å²) in [5.41, 5.74) is 0. The van der Waals surface area contributed by atoms with Crippen LogP contribution in [0, 0.1) is 0 Å². The van der Waals surface area contributed by atoms with Crippen molar-refractivity contribution in [3.63, 3.8) is 0 Å². The highest BCUT2D eigenvalue weighted by molar-refractivity contribution is 5.56. The molecule has 12 heavy (non-hydrogen) atoms. The molecule has 0 bridgehead atoms. The van der Waals surface area contributed by atoms with E-state index in [1.54, 1.807) is 24.3 Å². The molecule has 0 heterocycles. The van der Waals surface area contributed by atoms with Gasteiger partial charge in [0.25, 0.3) is 0 Å². The second kappa shape index (κ2) is 4.51. The zero-order valence-electron chi connectivity index (χ0n) is 6.51. The Kier molecular flexibility index (Phi) is 3.29. The lowest BCUT2D eigenvalue weighted by atomic mass is 10.3. The van der Waals surface area contributed by atoms with Crippen molar-refractivity contribution in [2.24, 2.45) is 0 Å². The largest absolute Gasteiger partial charge is 0.481 e. The average Bonchev–Trinajstić information content (AvgIpc) is 2.16. The Morgan fingerprint density at radius 3 is 2.58 bits per heavy atom. The molecule has 1 aromatic carbocycles. The van der Waals surface area contributed by atoms with Crippen LogP contribution in [0.25, 0.3) is 0 Å². The molecule has 0 amide bonds. The average molecular weight is 166 g/mol. The van der Waals surface area contributed by atoms with Gasteiger partial charge in [-0.3, -0.25) is 4.79 Å². The minimum Gasteiger partial charge on any atom is -0.481 e. The number of aliphatic hydroxyl groups is 1. The smallest absolute Gasteiger partial charge is 0.176 e. The summed E-state index contributed by atoms with van der Waals surface area (Å²) in [5, 5.41) is 8.63. The number of aliphatic hydroxyl groups excluding tert-OH is 1. The van der Waals surface area contributed by atoms with Gasteiger partial charge >= 0.3 is 0 Å². The van der Waals surface area contributed by atoms with Crippen LogP contribution in [0.4, 0.5) is 0 Å².